The van der Waals surface area contributed by atoms with E-state index in [4.69, 9.17) is 0 Å². The molecular formula is C24H30N4O3. The minimum Gasteiger partial charge on any atom is -0.376 e. The largest absolute Gasteiger partial charge is 0.376 e. The summed E-state index contributed by atoms with van der Waals surface area (Å²) in [5.74, 6) is -0.250. The van der Waals surface area contributed by atoms with E-state index < -0.39 is 0 Å². The number of amides is 3. The van der Waals surface area contributed by atoms with Crippen LogP contribution < -0.4 is 16.0 Å². The van der Waals surface area contributed by atoms with E-state index in [1.165, 1.54) is 5.56 Å². The Morgan fingerprint density at radius 3 is 2.35 bits per heavy atom. The normalized spacial score (nSPS) is 14.1. The number of likely N-dealkylation sites (tertiary alicyclic amines) is 1. The molecule has 7 nitrogen and oxygen atoms in total. The number of nitrogens with one attached hydrogen (secondary N) is 3. The first-order valence-electron chi connectivity index (χ1n) is 10.6. The molecule has 3 N–H and O–H groups in total. The first-order chi connectivity index (χ1) is 14.9. The Morgan fingerprint density at radius 1 is 1.00 bits per heavy atom. The summed E-state index contributed by atoms with van der Waals surface area (Å²) in [5.41, 5.74) is 3.31. The Hall–Kier alpha value is -3.35. The number of carbonyl (C=O) groups excluding carboxylic acids is 3. The molecule has 1 aliphatic heterocycles. The maximum absolute atomic E-state index is 12.7. The monoisotopic (exact) mass is 422 g/mol. The Kier molecular flexibility index (Phi) is 7.65. The Bertz CT molecular complexity index is 919. The maximum Gasteiger partial charge on any atom is 0.253 e. The van der Waals surface area contributed by atoms with Crippen molar-refractivity contribution in [1.29, 1.82) is 0 Å². The summed E-state index contributed by atoms with van der Waals surface area (Å²) in [6.07, 6.45) is 1.51. The quantitative estimate of drug-likeness (QED) is 0.639. The Balaban J connectivity index is 1.49. The highest BCUT2D eigenvalue weighted by Crippen LogP contribution is 2.15. The summed E-state index contributed by atoms with van der Waals surface area (Å²) in [7, 11) is 0. The molecule has 1 aliphatic rings. The highest BCUT2D eigenvalue weighted by Gasteiger charge is 2.22. The van der Waals surface area contributed by atoms with Crippen molar-refractivity contribution in [2.45, 2.75) is 39.3 Å². The average molecular weight is 423 g/mol. The highest BCUT2D eigenvalue weighted by molar-refractivity contribution is 6.00. The summed E-state index contributed by atoms with van der Waals surface area (Å²) in [6, 6.07) is 15.2. The predicted octanol–water partition coefficient (Wildman–Crippen LogP) is 2.46. The van der Waals surface area contributed by atoms with Gasteiger partial charge >= 0.3 is 0 Å². The van der Waals surface area contributed by atoms with Gasteiger partial charge in [0.15, 0.2) is 0 Å². The topological polar surface area (TPSA) is 90.5 Å². The number of hydrogen-bond acceptors (Lipinski definition) is 4. The minimum atomic E-state index is -0.194. The molecular weight excluding hydrogens is 392 g/mol. The number of aryl methyl sites for hydroxylation is 1. The standard InChI is InChI=1S/C24H30N4O3/c1-17-7-9-19(10-8-17)15-26-24(31)21-5-3-4-6-22(21)25-16-23(30)27-20-11-13-28(14-12-20)18(2)29/h3-10,20,25H,11-16H2,1-2H3,(H,26,31)(H,27,30). The van der Waals surface area contributed by atoms with Crippen LogP contribution in [-0.2, 0) is 16.1 Å². The summed E-state index contributed by atoms with van der Waals surface area (Å²) < 4.78 is 0. The van der Waals surface area contributed by atoms with E-state index in [9.17, 15) is 14.4 Å². The van der Waals surface area contributed by atoms with Gasteiger partial charge in [0, 0.05) is 38.3 Å². The van der Waals surface area contributed by atoms with Crippen molar-refractivity contribution in [3.63, 3.8) is 0 Å². The zero-order valence-corrected chi connectivity index (χ0v) is 18.1. The van der Waals surface area contributed by atoms with Crippen LogP contribution in [0.25, 0.3) is 0 Å². The number of piperidine rings is 1. The van der Waals surface area contributed by atoms with Crippen LogP contribution in [0.5, 0.6) is 0 Å². The van der Waals surface area contributed by atoms with Crippen molar-refractivity contribution in [2.75, 3.05) is 25.0 Å². The zero-order valence-electron chi connectivity index (χ0n) is 18.1. The van der Waals surface area contributed by atoms with Gasteiger partial charge in [-0.2, -0.15) is 0 Å². The molecule has 31 heavy (non-hydrogen) atoms. The van der Waals surface area contributed by atoms with Crippen molar-refractivity contribution in [3.8, 4) is 0 Å². The lowest BCUT2D eigenvalue weighted by atomic mass is 10.1. The fourth-order valence-electron chi connectivity index (χ4n) is 3.61. The lowest BCUT2D eigenvalue weighted by molar-refractivity contribution is -0.130. The van der Waals surface area contributed by atoms with Gasteiger partial charge in [0.05, 0.1) is 12.1 Å². The van der Waals surface area contributed by atoms with Gasteiger partial charge < -0.3 is 20.9 Å². The van der Waals surface area contributed by atoms with Gasteiger partial charge in [-0.25, -0.2) is 0 Å². The number of carbonyl (C=O) groups is 3. The molecule has 0 atom stereocenters. The number of para-hydroxylation sites is 1. The molecule has 0 radical (unpaired) electrons. The van der Waals surface area contributed by atoms with Crippen LogP contribution in [0.4, 0.5) is 5.69 Å². The van der Waals surface area contributed by atoms with E-state index >= 15 is 0 Å². The van der Waals surface area contributed by atoms with Gasteiger partial charge in [-0.15, -0.1) is 0 Å². The smallest absolute Gasteiger partial charge is 0.253 e. The molecule has 1 heterocycles. The third-order valence-electron chi connectivity index (χ3n) is 5.49. The average Bonchev–Trinajstić information content (AvgIpc) is 2.77. The predicted molar refractivity (Wildman–Crippen MR) is 121 cm³/mol. The van der Waals surface area contributed by atoms with Crippen LogP contribution >= 0.6 is 0 Å². The molecule has 1 fully saturated rings. The fourth-order valence-corrected chi connectivity index (χ4v) is 3.61. The molecule has 3 amide bonds. The lowest BCUT2D eigenvalue weighted by Gasteiger charge is -2.31. The fraction of sp³-hybridized carbons (Fsp3) is 0.375. The lowest BCUT2D eigenvalue weighted by Crippen LogP contribution is -2.47. The van der Waals surface area contributed by atoms with Crippen LogP contribution in [0, 0.1) is 6.92 Å². The van der Waals surface area contributed by atoms with Crippen LogP contribution in [0.3, 0.4) is 0 Å². The number of benzene rings is 2. The molecule has 0 aliphatic carbocycles. The number of anilines is 1. The first kappa shape index (κ1) is 22.3. The molecule has 0 saturated carbocycles. The van der Waals surface area contributed by atoms with E-state index in [0.29, 0.717) is 30.9 Å². The van der Waals surface area contributed by atoms with Crippen LogP contribution in [-0.4, -0.2) is 48.3 Å². The van der Waals surface area contributed by atoms with Crippen LogP contribution in [0.15, 0.2) is 48.5 Å². The molecule has 164 valence electrons. The van der Waals surface area contributed by atoms with Gasteiger partial charge in [-0.3, -0.25) is 14.4 Å². The van der Waals surface area contributed by atoms with Crippen molar-refractivity contribution < 1.29 is 14.4 Å². The van der Waals surface area contributed by atoms with E-state index in [0.717, 1.165) is 18.4 Å². The second kappa shape index (κ2) is 10.6. The Labute approximate surface area is 183 Å². The number of nitrogens with zero attached hydrogens (tertiary/aromatic N) is 1. The first-order valence-corrected chi connectivity index (χ1v) is 10.6. The summed E-state index contributed by atoms with van der Waals surface area (Å²) in [4.78, 5) is 38.2. The maximum atomic E-state index is 12.7. The minimum absolute atomic E-state index is 0.0675. The van der Waals surface area contributed by atoms with Gasteiger partial charge in [-0.05, 0) is 37.5 Å². The molecule has 7 heteroatoms. The third kappa shape index (κ3) is 6.57. The molecule has 3 rings (SSSR count). The number of hydrogen-bond donors (Lipinski definition) is 3. The molecule has 0 bridgehead atoms. The molecule has 0 aromatic heterocycles. The van der Waals surface area contributed by atoms with Gasteiger partial charge in [0.1, 0.15) is 0 Å². The van der Waals surface area contributed by atoms with E-state index in [2.05, 4.69) is 16.0 Å². The van der Waals surface area contributed by atoms with Crippen molar-refractivity contribution in [1.82, 2.24) is 15.5 Å². The summed E-state index contributed by atoms with van der Waals surface area (Å²) in [6.45, 7) is 5.43. The molecule has 0 unspecified atom stereocenters. The van der Waals surface area contributed by atoms with E-state index in [-0.39, 0.29) is 30.3 Å². The van der Waals surface area contributed by atoms with Gasteiger partial charge in [0.25, 0.3) is 5.91 Å². The number of rotatable bonds is 7. The zero-order chi connectivity index (χ0) is 22.2. The molecule has 1 saturated heterocycles. The van der Waals surface area contributed by atoms with Crippen molar-refractivity contribution in [2.24, 2.45) is 0 Å². The van der Waals surface area contributed by atoms with Crippen LogP contribution in [0.2, 0.25) is 0 Å². The van der Waals surface area contributed by atoms with E-state index in [1.54, 1.807) is 30.0 Å². The summed E-state index contributed by atoms with van der Waals surface area (Å²) >= 11 is 0. The highest BCUT2D eigenvalue weighted by atomic mass is 16.2. The molecule has 0 spiro atoms. The van der Waals surface area contributed by atoms with Crippen LogP contribution in [0.1, 0.15) is 41.3 Å². The second-order valence-corrected chi connectivity index (χ2v) is 7.92. The van der Waals surface area contributed by atoms with Gasteiger partial charge in [-0.1, -0.05) is 42.0 Å². The third-order valence-corrected chi connectivity index (χ3v) is 5.49. The Morgan fingerprint density at radius 2 is 1.68 bits per heavy atom. The molecule has 2 aromatic carbocycles. The second-order valence-electron chi connectivity index (χ2n) is 7.92. The van der Waals surface area contributed by atoms with Gasteiger partial charge in [0.2, 0.25) is 11.8 Å². The van der Waals surface area contributed by atoms with E-state index in [1.807, 2.05) is 37.3 Å². The van der Waals surface area contributed by atoms with Crippen molar-refractivity contribution in [3.05, 3.63) is 65.2 Å². The SMILES string of the molecule is CC(=O)N1CCC(NC(=O)CNc2ccccc2C(=O)NCc2ccc(C)cc2)CC1. The van der Waals surface area contributed by atoms with Crippen molar-refractivity contribution >= 4 is 23.4 Å². The summed E-state index contributed by atoms with van der Waals surface area (Å²) in [5, 5.41) is 9.02. The molecule has 2 aromatic rings.